The van der Waals surface area contributed by atoms with E-state index in [0.717, 1.165) is 31.2 Å². The van der Waals surface area contributed by atoms with Gasteiger partial charge in [-0.1, -0.05) is 52.2 Å². The molecule has 1 rings (SSSR count). The van der Waals surface area contributed by atoms with Crippen LogP contribution in [0.3, 0.4) is 0 Å². The van der Waals surface area contributed by atoms with Crippen LogP contribution in [0.1, 0.15) is 65.4 Å². The lowest BCUT2D eigenvalue weighted by molar-refractivity contribution is -0.132. The fourth-order valence-electron chi connectivity index (χ4n) is 2.68. The zero-order chi connectivity index (χ0) is 19.6. The van der Waals surface area contributed by atoms with E-state index < -0.39 is 10.1 Å². The van der Waals surface area contributed by atoms with E-state index in [9.17, 15) is 13.2 Å². The highest BCUT2D eigenvalue weighted by Gasteiger charge is 2.16. The molecule has 1 aromatic rings. The number of nitrogens with zero attached hydrogens (tertiary/aromatic N) is 1. The average molecular weight is 384 g/mol. The molecule has 0 aromatic heterocycles. The predicted octanol–water partition coefficient (Wildman–Crippen LogP) is 4.37. The van der Waals surface area contributed by atoms with Gasteiger partial charge in [0.1, 0.15) is 5.75 Å². The van der Waals surface area contributed by atoms with E-state index in [-0.39, 0.29) is 11.7 Å². The van der Waals surface area contributed by atoms with Gasteiger partial charge in [0, 0.05) is 19.5 Å². The molecule has 148 valence electrons. The summed E-state index contributed by atoms with van der Waals surface area (Å²) < 4.78 is 28.4. The molecule has 1 aromatic carbocycles. The first-order chi connectivity index (χ1) is 12.3. The molecule has 0 radical (unpaired) electrons. The van der Waals surface area contributed by atoms with Crippen LogP contribution >= 0.6 is 0 Å². The third-order valence-electron chi connectivity index (χ3n) is 4.03. The second-order valence-electron chi connectivity index (χ2n) is 7.06. The van der Waals surface area contributed by atoms with Crippen molar-refractivity contribution in [3.05, 3.63) is 29.8 Å². The van der Waals surface area contributed by atoms with E-state index in [1.807, 2.05) is 11.0 Å². The first kappa shape index (κ1) is 22.5. The summed E-state index contributed by atoms with van der Waals surface area (Å²) >= 11 is 0. The zero-order valence-electron chi connectivity index (χ0n) is 16.5. The molecule has 0 N–H and O–H groups in total. The van der Waals surface area contributed by atoms with Crippen molar-refractivity contribution >= 4 is 16.0 Å². The number of hydrogen-bond donors (Lipinski definition) is 0. The summed E-state index contributed by atoms with van der Waals surface area (Å²) in [4.78, 5) is 14.5. The molecule has 0 heterocycles. The standard InChI is InChI=1S/C20H33NO4S/c1-5-7-8-9-13-20(22)21(15-17(3)4)16-18-11-10-12-19(14-18)25-26(23,24)6-2/h10-12,14,17H,5-9,13,15-16H2,1-4H3. The van der Waals surface area contributed by atoms with Crippen LogP contribution in [0.5, 0.6) is 5.75 Å². The lowest BCUT2D eigenvalue weighted by Gasteiger charge is -2.25. The topological polar surface area (TPSA) is 63.7 Å². The van der Waals surface area contributed by atoms with Crippen molar-refractivity contribution in [3.8, 4) is 5.75 Å². The molecule has 0 aliphatic rings. The Labute approximate surface area is 158 Å². The van der Waals surface area contributed by atoms with Crippen molar-refractivity contribution in [2.75, 3.05) is 12.3 Å². The number of benzene rings is 1. The van der Waals surface area contributed by atoms with Gasteiger partial charge in [-0.15, -0.1) is 0 Å². The molecule has 1 amide bonds. The molecule has 0 fully saturated rings. The first-order valence-corrected chi connectivity index (χ1v) is 11.1. The molecule has 0 saturated carbocycles. The van der Waals surface area contributed by atoms with Crippen LogP contribution in [0.15, 0.2) is 24.3 Å². The van der Waals surface area contributed by atoms with E-state index in [1.54, 1.807) is 25.1 Å². The highest BCUT2D eigenvalue weighted by atomic mass is 32.2. The molecular formula is C20H33NO4S. The summed E-state index contributed by atoms with van der Waals surface area (Å²) in [5, 5.41) is 0. The molecule has 0 aliphatic carbocycles. The van der Waals surface area contributed by atoms with Gasteiger partial charge in [0.25, 0.3) is 0 Å². The van der Waals surface area contributed by atoms with Gasteiger partial charge >= 0.3 is 10.1 Å². The van der Waals surface area contributed by atoms with Gasteiger partial charge in [0.15, 0.2) is 0 Å². The van der Waals surface area contributed by atoms with Crippen LogP contribution in [0.4, 0.5) is 0 Å². The van der Waals surface area contributed by atoms with E-state index in [4.69, 9.17) is 4.18 Å². The van der Waals surface area contributed by atoms with Gasteiger partial charge in [-0.05, 0) is 37.0 Å². The van der Waals surface area contributed by atoms with Gasteiger partial charge in [-0.2, -0.15) is 8.42 Å². The van der Waals surface area contributed by atoms with Gasteiger partial charge in [0.2, 0.25) is 5.91 Å². The summed E-state index contributed by atoms with van der Waals surface area (Å²) in [7, 11) is -3.55. The Kier molecular flexibility index (Phi) is 9.70. The molecule has 5 nitrogen and oxygen atoms in total. The van der Waals surface area contributed by atoms with Crippen molar-refractivity contribution < 1.29 is 17.4 Å². The molecule has 6 heteroatoms. The maximum atomic E-state index is 12.6. The van der Waals surface area contributed by atoms with Gasteiger partial charge in [0.05, 0.1) is 5.75 Å². The molecule has 0 saturated heterocycles. The quantitative estimate of drug-likeness (QED) is 0.397. The van der Waals surface area contributed by atoms with Crippen LogP contribution in [-0.2, 0) is 21.5 Å². The van der Waals surface area contributed by atoms with Crippen LogP contribution in [0.2, 0.25) is 0 Å². The Balaban J connectivity index is 2.79. The Morgan fingerprint density at radius 3 is 2.50 bits per heavy atom. The minimum Gasteiger partial charge on any atom is -0.382 e. The summed E-state index contributed by atoms with van der Waals surface area (Å²) in [6, 6.07) is 6.97. The molecule has 26 heavy (non-hydrogen) atoms. The molecule has 0 spiro atoms. The third kappa shape index (κ3) is 8.70. The lowest BCUT2D eigenvalue weighted by Crippen LogP contribution is -2.33. The fourth-order valence-corrected chi connectivity index (χ4v) is 3.19. The van der Waals surface area contributed by atoms with E-state index in [0.29, 0.717) is 31.2 Å². The summed E-state index contributed by atoms with van der Waals surface area (Å²) in [5.41, 5.74) is 0.872. The highest BCUT2D eigenvalue weighted by Crippen LogP contribution is 2.18. The lowest BCUT2D eigenvalue weighted by atomic mass is 10.1. The first-order valence-electron chi connectivity index (χ1n) is 9.56. The third-order valence-corrected chi connectivity index (χ3v) is 5.18. The minimum absolute atomic E-state index is 0.0764. The monoisotopic (exact) mass is 383 g/mol. The molecule has 0 unspecified atom stereocenters. The van der Waals surface area contributed by atoms with Crippen molar-refractivity contribution in [2.45, 2.75) is 66.3 Å². The smallest absolute Gasteiger partial charge is 0.308 e. The second-order valence-corrected chi connectivity index (χ2v) is 8.92. The Morgan fingerprint density at radius 1 is 1.15 bits per heavy atom. The fraction of sp³-hybridized carbons (Fsp3) is 0.650. The van der Waals surface area contributed by atoms with E-state index in [1.165, 1.54) is 0 Å². The number of unbranched alkanes of at least 4 members (excludes halogenated alkanes) is 3. The SMILES string of the molecule is CCCCCCC(=O)N(Cc1cccc(OS(=O)(=O)CC)c1)CC(C)C. The number of carbonyl (C=O) groups is 1. The maximum Gasteiger partial charge on any atom is 0.308 e. The predicted molar refractivity (Wildman–Crippen MR) is 106 cm³/mol. The zero-order valence-corrected chi connectivity index (χ0v) is 17.3. The second kappa shape index (κ2) is 11.2. The van der Waals surface area contributed by atoms with E-state index in [2.05, 4.69) is 20.8 Å². The van der Waals surface area contributed by atoms with Crippen LogP contribution < -0.4 is 4.18 Å². The number of amides is 1. The van der Waals surface area contributed by atoms with Gasteiger partial charge < -0.3 is 9.08 Å². The summed E-state index contributed by atoms with van der Waals surface area (Å²) in [6.45, 7) is 9.02. The number of rotatable bonds is 12. The molecule has 0 bridgehead atoms. The van der Waals surface area contributed by atoms with Crippen molar-refractivity contribution in [1.29, 1.82) is 0 Å². The Hall–Kier alpha value is -1.56. The number of carbonyl (C=O) groups excluding carboxylic acids is 1. The largest absolute Gasteiger partial charge is 0.382 e. The maximum absolute atomic E-state index is 12.6. The molecule has 0 aliphatic heterocycles. The van der Waals surface area contributed by atoms with Crippen molar-refractivity contribution in [3.63, 3.8) is 0 Å². The normalized spacial score (nSPS) is 11.6. The van der Waals surface area contributed by atoms with Crippen LogP contribution in [-0.4, -0.2) is 31.5 Å². The Morgan fingerprint density at radius 2 is 1.88 bits per heavy atom. The average Bonchev–Trinajstić information content (AvgIpc) is 2.57. The van der Waals surface area contributed by atoms with Gasteiger partial charge in [-0.3, -0.25) is 4.79 Å². The van der Waals surface area contributed by atoms with Gasteiger partial charge in [-0.25, -0.2) is 0 Å². The van der Waals surface area contributed by atoms with Crippen molar-refractivity contribution in [2.24, 2.45) is 5.92 Å². The summed E-state index contributed by atoms with van der Waals surface area (Å²) in [5.74, 6) is 0.744. The molecular weight excluding hydrogens is 350 g/mol. The number of hydrogen-bond acceptors (Lipinski definition) is 4. The summed E-state index contributed by atoms with van der Waals surface area (Å²) in [6.07, 6.45) is 4.86. The Bertz CT molecular complexity index is 656. The molecule has 0 atom stereocenters. The highest BCUT2D eigenvalue weighted by molar-refractivity contribution is 7.87. The van der Waals surface area contributed by atoms with Crippen LogP contribution in [0.25, 0.3) is 0 Å². The van der Waals surface area contributed by atoms with Crippen LogP contribution in [0, 0.1) is 5.92 Å². The van der Waals surface area contributed by atoms with E-state index >= 15 is 0 Å². The van der Waals surface area contributed by atoms with Crippen molar-refractivity contribution in [1.82, 2.24) is 4.90 Å². The minimum atomic E-state index is -3.55.